The molecule has 2 N–H and O–H groups in total. The van der Waals surface area contributed by atoms with E-state index in [4.69, 9.17) is 0 Å². The summed E-state index contributed by atoms with van der Waals surface area (Å²) in [6.07, 6.45) is -0.531. The van der Waals surface area contributed by atoms with Crippen LogP contribution in [-0.2, 0) is 4.79 Å². The molecule has 0 aromatic rings. The molecule has 2 aliphatic carbocycles. The largest absolute Gasteiger partial charge is 0.480 e. The fraction of sp³-hybridized carbons (Fsp3) is 0.929. The molecule has 0 aromatic heterocycles. The minimum Gasteiger partial charge on any atom is -0.480 e. The van der Waals surface area contributed by atoms with Crippen molar-refractivity contribution in [1.29, 1.82) is 0 Å². The fourth-order valence-corrected chi connectivity index (χ4v) is 3.24. The number of halogens is 3. The Kier molecular flexibility index (Phi) is 4.82. The summed E-state index contributed by atoms with van der Waals surface area (Å²) in [6, 6.07) is -0.0870. The second-order valence-corrected chi connectivity index (χ2v) is 6.29. The van der Waals surface area contributed by atoms with E-state index in [9.17, 15) is 23.1 Å². The summed E-state index contributed by atoms with van der Waals surface area (Å²) in [5, 5.41) is 12.6. The topological polar surface area (TPSA) is 52.6 Å². The molecule has 2 unspecified atom stereocenters. The average molecular weight is 308 g/mol. The first-order valence-electron chi connectivity index (χ1n) is 7.57. The minimum absolute atomic E-state index is 0.224. The molecular formula is C14H23F3N2O2. The number of carboxylic acid groups (broad SMARTS) is 1. The van der Waals surface area contributed by atoms with Crippen molar-refractivity contribution in [3.8, 4) is 0 Å². The molecule has 21 heavy (non-hydrogen) atoms. The van der Waals surface area contributed by atoms with Crippen molar-refractivity contribution < 1.29 is 23.1 Å². The zero-order valence-electron chi connectivity index (χ0n) is 12.2. The van der Waals surface area contributed by atoms with Gasteiger partial charge in [-0.15, -0.1) is 0 Å². The second kappa shape index (κ2) is 6.12. The third-order valence-corrected chi connectivity index (χ3v) is 4.37. The lowest BCUT2D eigenvalue weighted by atomic mass is 9.97. The SMILES string of the molecule is CCCN(CC(F)(F)F)C1CCC(NC2CC2)(C(=O)O)C1. The minimum atomic E-state index is -4.24. The van der Waals surface area contributed by atoms with Gasteiger partial charge in [-0.2, -0.15) is 13.2 Å². The van der Waals surface area contributed by atoms with Gasteiger partial charge in [-0.1, -0.05) is 6.92 Å². The molecule has 7 heteroatoms. The van der Waals surface area contributed by atoms with Crippen LogP contribution >= 0.6 is 0 Å². The molecule has 4 nitrogen and oxygen atoms in total. The number of aliphatic carboxylic acids is 1. The molecule has 0 aliphatic heterocycles. The summed E-state index contributed by atoms with van der Waals surface area (Å²) >= 11 is 0. The Morgan fingerprint density at radius 2 is 2.05 bits per heavy atom. The van der Waals surface area contributed by atoms with Crippen molar-refractivity contribution in [2.45, 2.75) is 69.2 Å². The van der Waals surface area contributed by atoms with Crippen LogP contribution in [0.25, 0.3) is 0 Å². The highest BCUT2D eigenvalue weighted by molar-refractivity contribution is 5.79. The van der Waals surface area contributed by atoms with Crippen molar-refractivity contribution in [2.24, 2.45) is 0 Å². The monoisotopic (exact) mass is 308 g/mol. The van der Waals surface area contributed by atoms with Crippen LogP contribution in [0.2, 0.25) is 0 Å². The maximum atomic E-state index is 12.7. The molecule has 2 saturated carbocycles. The molecule has 2 fully saturated rings. The van der Waals surface area contributed by atoms with E-state index in [0.29, 0.717) is 25.8 Å². The third kappa shape index (κ3) is 4.32. The highest BCUT2D eigenvalue weighted by Crippen LogP contribution is 2.37. The van der Waals surface area contributed by atoms with Gasteiger partial charge in [0.05, 0.1) is 6.54 Å². The number of alkyl halides is 3. The van der Waals surface area contributed by atoms with Crippen LogP contribution in [0.3, 0.4) is 0 Å². The summed E-state index contributed by atoms with van der Waals surface area (Å²) in [7, 11) is 0. The average Bonchev–Trinajstić information content (AvgIpc) is 3.04. The standard InChI is InChI=1S/C14H23F3N2O2/c1-2-7-19(9-14(15,16)17)11-5-6-13(8-11,12(20)21)18-10-3-4-10/h10-11,18H,2-9H2,1H3,(H,20,21). The Morgan fingerprint density at radius 3 is 2.52 bits per heavy atom. The summed E-state index contributed by atoms with van der Waals surface area (Å²) in [5.41, 5.74) is -1.04. The van der Waals surface area contributed by atoms with Crippen LogP contribution in [-0.4, -0.2) is 52.9 Å². The maximum Gasteiger partial charge on any atom is 0.401 e. The number of hydrogen-bond donors (Lipinski definition) is 2. The fourth-order valence-electron chi connectivity index (χ4n) is 3.24. The van der Waals surface area contributed by atoms with Gasteiger partial charge in [-0.05, 0) is 45.1 Å². The highest BCUT2D eigenvalue weighted by Gasteiger charge is 2.50. The molecule has 0 heterocycles. The second-order valence-electron chi connectivity index (χ2n) is 6.29. The zero-order valence-corrected chi connectivity index (χ0v) is 12.2. The molecule has 0 radical (unpaired) electrons. The first-order chi connectivity index (χ1) is 9.76. The van der Waals surface area contributed by atoms with Crippen LogP contribution in [0.15, 0.2) is 0 Å². The van der Waals surface area contributed by atoms with Crippen LogP contribution in [0, 0.1) is 0 Å². The summed E-state index contributed by atoms with van der Waals surface area (Å²) in [5.74, 6) is -0.930. The van der Waals surface area contributed by atoms with E-state index in [1.54, 1.807) is 0 Å². The predicted molar refractivity (Wildman–Crippen MR) is 72.1 cm³/mol. The van der Waals surface area contributed by atoms with Gasteiger partial charge >= 0.3 is 12.1 Å². The highest BCUT2D eigenvalue weighted by atomic mass is 19.4. The lowest BCUT2D eigenvalue weighted by Crippen LogP contribution is -2.52. The summed E-state index contributed by atoms with van der Waals surface area (Å²) < 4.78 is 38.0. The van der Waals surface area contributed by atoms with E-state index in [2.05, 4.69) is 5.32 Å². The lowest BCUT2D eigenvalue weighted by molar-refractivity contribution is -0.151. The molecule has 0 saturated heterocycles. The van der Waals surface area contributed by atoms with E-state index < -0.39 is 24.2 Å². The smallest absolute Gasteiger partial charge is 0.401 e. The van der Waals surface area contributed by atoms with Gasteiger partial charge in [0.1, 0.15) is 5.54 Å². The van der Waals surface area contributed by atoms with Crippen LogP contribution in [0.4, 0.5) is 13.2 Å². The number of carboxylic acids is 1. The third-order valence-electron chi connectivity index (χ3n) is 4.37. The van der Waals surface area contributed by atoms with Crippen LogP contribution < -0.4 is 5.32 Å². The maximum absolute atomic E-state index is 12.7. The van der Waals surface area contributed by atoms with Gasteiger partial charge in [-0.3, -0.25) is 15.0 Å². The Morgan fingerprint density at radius 1 is 1.38 bits per heavy atom. The number of nitrogens with zero attached hydrogens (tertiary/aromatic N) is 1. The van der Waals surface area contributed by atoms with Crippen LogP contribution in [0.1, 0.15) is 45.4 Å². The van der Waals surface area contributed by atoms with Gasteiger partial charge in [0.2, 0.25) is 0 Å². The van der Waals surface area contributed by atoms with Crippen molar-refractivity contribution in [1.82, 2.24) is 10.2 Å². The van der Waals surface area contributed by atoms with Gasteiger partial charge in [0.25, 0.3) is 0 Å². The molecule has 0 bridgehead atoms. The number of hydrogen-bond acceptors (Lipinski definition) is 3. The van der Waals surface area contributed by atoms with Crippen molar-refractivity contribution >= 4 is 5.97 Å². The van der Waals surface area contributed by atoms with E-state index >= 15 is 0 Å². The Balaban J connectivity index is 2.04. The Labute approximate surface area is 122 Å². The van der Waals surface area contributed by atoms with E-state index in [1.165, 1.54) is 4.90 Å². The molecule has 2 atom stereocenters. The normalized spacial score (nSPS) is 30.0. The quantitative estimate of drug-likeness (QED) is 0.758. The Hall–Kier alpha value is -0.820. The van der Waals surface area contributed by atoms with Crippen molar-refractivity contribution in [2.75, 3.05) is 13.1 Å². The number of rotatable bonds is 7. The van der Waals surface area contributed by atoms with Gasteiger partial charge in [-0.25, -0.2) is 0 Å². The zero-order chi connectivity index (χ0) is 15.7. The molecule has 0 aromatic carbocycles. The van der Waals surface area contributed by atoms with Gasteiger partial charge in [0, 0.05) is 12.1 Å². The number of carbonyl (C=O) groups is 1. The molecule has 0 amide bonds. The molecule has 122 valence electrons. The van der Waals surface area contributed by atoms with Crippen LogP contribution in [0.5, 0.6) is 0 Å². The molecule has 2 rings (SSSR count). The molecule has 2 aliphatic rings. The van der Waals surface area contributed by atoms with E-state index in [0.717, 1.165) is 12.8 Å². The first kappa shape index (κ1) is 16.5. The Bertz CT molecular complexity index is 385. The summed E-state index contributed by atoms with van der Waals surface area (Å²) in [4.78, 5) is 13.0. The first-order valence-corrected chi connectivity index (χ1v) is 7.57. The van der Waals surface area contributed by atoms with Gasteiger partial charge in [0.15, 0.2) is 0 Å². The lowest BCUT2D eigenvalue weighted by Gasteiger charge is -2.31. The number of nitrogens with one attached hydrogen (secondary N) is 1. The van der Waals surface area contributed by atoms with Gasteiger partial charge < -0.3 is 5.11 Å². The van der Waals surface area contributed by atoms with Crippen molar-refractivity contribution in [3.63, 3.8) is 0 Å². The van der Waals surface area contributed by atoms with Crippen molar-refractivity contribution in [3.05, 3.63) is 0 Å². The molecule has 0 spiro atoms. The predicted octanol–water partition coefficient (Wildman–Crippen LogP) is 2.39. The van der Waals surface area contributed by atoms with E-state index in [1.807, 2.05) is 6.92 Å². The van der Waals surface area contributed by atoms with E-state index in [-0.39, 0.29) is 18.5 Å². The molecular weight excluding hydrogens is 285 g/mol. The summed E-state index contributed by atoms with van der Waals surface area (Å²) in [6.45, 7) is 1.24.